The summed E-state index contributed by atoms with van der Waals surface area (Å²) in [6.07, 6.45) is 1.85. The average molecular weight is 410 g/mol. The van der Waals surface area contributed by atoms with Crippen LogP contribution in [0.4, 0.5) is 11.4 Å². The largest absolute Gasteiger partial charge is 0.326 e. The van der Waals surface area contributed by atoms with Gasteiger partial charge in [0.15, 0.2) is 0 Å². The molecule has 28 heavy (non-hydrogen) atoms. The molecule has 3 aromatic rings. The van der Waals surface area contributed by atoms with E-state index in [1.165, 1.54) is 11.8 Å². The van der Waals surface area contributed by atoms with E-state index in [0.717, 1.165) is 10.6 Å². The third kappa shape index (κ3) is 3.88. The Morgan fingerprint density at radius 2 is 1.86 bits per heavy atom. The molecular formula is C21H16ClN3O2S. The van der Waals surface area contributed by atoms with Gasteiger partial charge < -0.3 is 10.2 Å². The van der Waals surface area contributed by atoms with Crippen molar-refractivity contribution in [2.24, 2.45) is 0 Å². The van der Waals surface area contributed by atoms with E-state index in [0.29, 0.717) is 21.3 Å². The lowest BCUT2D eigenvalue weighted by Crippen LogP contribution is -2.33. The molecular weight excluding hydrogens is 394 g/mol. The highest BCUT2D eigenvalue weighted by atomic mass is 35.5. The molecule has 0 bridgehead atoms. The number of halogens is 1. The van der Waals surface area contributed by atoms with Crippen LogP contribution < -0.4 is 10.2 Å². The van der Waals surface area contributed by atoms with Gasteiger partial charge in [-0.15, -0.1) is 0 Å². The Labute approximate surface area is 171 Å². The molecule has 4 rings (SSSR count). The van der Waals surface area contributed by atoms with Gasteiger partial charge in [-0.05, 0) is 48.5 Å². The van der Waals surface area contributed by atoms with Gasteiger partial charge in [-0.3, -0.25) is 9.59 Å². The second kappa shape index (κ2) is 8.04. The van der Waals surface area contributed by atoms with Gasteiger partial charge in [-0.1, -0.05) is 35.5 Å². The summed E-state index contributed by atoms with van der Waals surface area (Å²) >= 11 is 7.33. The number of nitrogens with one attached hydrogen (secondary N) is 1. The first kappa shape index (κ1) is 18.5. The molecule has 140 valence electrons. The second-order valence-corrected chi connectivity index (χ2v) is 7.65. The van der Waals surface area contributed by atoms with Gasteiger partial charge in [0.2, 0.25) is 5.91 Å². The lowest BCUT2D eigenvalue weighted by Gasteiger charge is -2.22. The van der Waals surface area contributed by atoms with Crippen molar-refractivity contribution in [3.05, 3.63) is 77.4 Å². The molecule has 0 saturated heterocycles. The van der Waals surface area contributed by atoms with Crippen molar-refractivity contribution >= 4 is 46.6 Å². The number of carbonyl (C=O) groups is 2. The van der Waals surface area contributed by atoms with Crippen molar-refractivity contribution in [1.29, 1.82) is 0 Å². The van der Waals surface area contributed by atoms with Crippen LogP contribution in [0.1, 0.15) is 16.8 Å². The van der Waals surface area contributed by atoms with Crippen LogP contribution in [0.3, 0.4) is 0 Å². The summed E-state index contributed by atoms with van der Waals surface area (Å²) in [5, 5.41) is 4.11. The van der Waals surface area contributed by atoms with Crippen LogP contribution in [0.2, 0.25) is 5.02 Å². The first-order valence-corrected chi connectivity index (χ1v) is 9.90. The monoisotopic (exact) mass is 409 g/mol. The van der Waals surface area contributed by atoms with Gasteiger partial charge in [0.05, 0.1) is 11.3 Å². The molecule has 0 aliphatic carbocycles. The summed E-state index contributed by atoms with van der Waals surface area (Å²) in [4.78, 5) is 32.5. The normalized spacial score (nSPS) is 12.8. The van der Waals surface area contributed by atoms with Crippen molar-refractivity contribution in [2.75, 3.05) is 16.8 Å². The fraction of sp³-hybridized carbons (Fsp3) is 0.0952. The summed E-state index contributed by atoms with van der Waals surface area (Å²) < 4.78 is 0. The van der Waals surface area contributed by atoms with Crippen molar-refractivity contribution < 1.29 is 9.59 Å². The molecule has 1 aromatic heterocycles. The fourth-order valence-electron chi connectivity index (χ4n) is 2.95. The standard InChI is InChI=1S/C21H16ClN3O2S/c22-14-7-9-15(10-8-14)24-19(26)11-13-25-17-5-1-2-6-18(17)28-20-16(21(25)27)4-3-12-23-20/h1-10,12H,11,13H2,(H,24,26). The molecule has 0 spiro atoms. The van der Waals surface area contributed by atoms with E-state index in [4.69, 9.17) is 11.6 Å². The predicted molar refractivity (Wildman–Crippen MR) is 111 cm³/mol. The van der Waals surface area contributed by atoms with Crippen LogP contribution in [0.5, 0.6) is 0 Å². The van der Waals surface area contributed by atoms with E-state index in [9.17, 15) is 9.59 Å². The Hall–Kier alpha value is -2.83. The van der Waals surface area contributed by atoms with Crippen LogP contribution in [0, 0.1) is 0 Å². The average Bonchev–Trinajstić information content (AvgIpc) is 2.82. The summed E-state index contributed by atoms with van der Waals surface area (Å²) in [5.74, 6) is -0.323. The maximum atomic E-state index is 13.1. The number of carbonyl (C=O) groups excluding carboxylic acids is 2. The predicted octanol–water partition coefficient (Wildman–Crippen LogP) is 4.88. The number of anilines is 2. The van der Waals surface area contributed by atoms with Crippen LogP contribution in [0.15, 0.2) is 76.8 Å². The molecule has 0 saturated carbocycles. The number of nitrogens with zero attached hydrogens (tertiary/aromatic N) is 2. The zero-order chi connectivity index (χ0) is 19.5. The number of hydrogen-bond donors (Lipinski definition) is 1. The lowest BCUT2D eigenvalue weighted by molar-refractivity contribution is -0.116. The van der Waals surface area contributed by atoms with Gasteiger partial charge in [0.25, 0.3) is 5.91 Å². The molecule has 0 fully saturated rings. The minimum Gasteiger partial charge on any atom is -0.326 e. The quantitative estimate of drug-likeness (QED) is 0.667. The van der Waals surface area contributed by atoms with Crippen molar-refractivity contribution in [3.8, 4) is 0 Å². The number of para-hydroxylation sites is 1. The van der Waals surface area contributed by atoms with E-state index < -0.39 is 0 Å². The van der Waals surface area contributed by atoms with Gasteiger partial charge in [0, 0.05) is 34.8 Å². The molecule has 1 aliphatic heterocycles. The Bertz CT molecular complexity index is 1040. The highest BCUT2D eigenvalue weighted by Crippen LogP contribution is 2.40. The number of aromatic nitrogens is 1. The van der Waals surface area contributed by atoms with Crippen LogP contribution in [-0.2, 0) is 4.79 Å². The SMILES string of the molecule is O=C(CCN1C(=O)c2cccnc2Sc2ccccc21)Nc1ccc(Cl)cc1. The molecule has 0 atom stereocenters. The van der Waals surface area contributed by atoms with Gasteiger partial charge in [-0.25, -0.2) is 4.98 Å². The second-order valence-electron chi connectivity index (χ2n) is 6.19. The van der Waals surface area contributed by atoms with Crippen LogP contribution in [0.25, 0.3) is 0 Å². The Kier molecular flexibility index (Phi) is 5.32. The summed E-state index contributed by atoms with van der Waals surface area (Å²) in [6, 6.07) is 18.1. The molecule has 7 heteroatoms. The highest BCUT2D eigenvalue weighted by molar-refractivity contribution is 7.99. The van der Waals surface area contributed by atoms with Crippen molar-refractivity contribution in [3.63, 3.8) is 0 Å². The number of benzene rings is 2. The number of amides is 2. The zero-order valence-corrected chi connectivity index (χ0v) is 16.3. The molecule has 1 aliphatic rings. The number of fused-ring (bicyclic) bond motifs is 2. The molecule has 5 nitrogen and oxygen atoms in total. The van der Waals surface area contributed by atoms with Crippen molar-refractivity contribution in [2.45, 2.75) is 16.3 Å². The van der Waals surface area contributed by atoms with Gasteiger partial charge in [0.1, 0.15) is 5.03 Å². The third-order valence-electron chi connectivity index (χ3n) is 4.30. The van der Waals surface area contributed by atoms with E-state index in [1.54, 1.807) is 47.5 Å². The molecule has 2 heterocycles. The first-order chi connectivity index (χ1) is 13.6. The van der Waals surface area contributed by atoms with Crippen LogP contribution >= 0.6 is 23.4 Å². The van der Waals surface area contributed by atoms with E-state index in [-0.39, 0.29) is 24.8 Å². The van der Waals surface area contributed by atoms with Crippen LogP contribution in [-0.4, -0.2) is 23.3 Å². The molecule has 2 amide bonds. The highest BCUT2D eigenvalue weighted by Gasteiger charge is 2.28. The van der Waals surface area contributed by atoms with Crippen molar-refractivity contribution in [1.82, 2.24) is 4.98 Å². The Morgan fingerprint density at radius 1 is 1.07 bits per heavy atom. The summed E-state index contributed by atoms with van der Waals surface area (Å²) in [7, 11) is 0. The molecule has 2 aromatic carbocycles. The molecule has 0 unspecified atom stereocenters. The maximum Gasteiger partial charge on any atom is 0.261 e. The first-order valence-electron chi connectivity index (χ1n) is 8.71. The summed E-state index contributed by atoms with van der Waals surface area (Å²) in [6.45, 7) is 0.268. The van der Waals surface area contributed by atoms with E-state index in [2.05, 4.69) is 10.3 Å². The summed E-state index contributed by atoms with van der Waals surface area (Å²) in [5.41, 5.74) is 2.00. The topological polar surface area (TPSA) is 62.3 Å². The van der Waals surface area contributed by atoms with Gasteiger partial charge >= 0.3 is 0 Å². The van der Waals surface area contributed by atoms with E-state index >= 15 is 0 Å². The Balaban J connectivity index is 1.55. The maximum absolute atomic E-state index is 13.1. The third-order valence-corrected chi connectivity index (χ3v) is 5.64. The minimum absolute atomic E-state index is 0.153. The lowest BCUT2D eigenvalue weighted by atomic mass is 10.2. The number of hydrogen-bond acceptors (Lipinski definition) is 4. The molecule has 0 radical (unpaired) electrons. The Morgan fingerprint density at radius 3 is 2.68 bits per heavy atom. The molecule has 1 N–H and O–H groups in total. The number of pyridine rings is 1. The zero-order valence-electron chi connectivity index (χ0n) is 14.8. The minimum atomic E-state index is -0.170. The number of rotatable bonds is 4. The van der Waals surface area contributed by atoms with Gasteiger partial charge in [-0.2, -0.15) is 0 Å². The fourth-order valence-corrected chi connectivity index (χ4v) is 4.09. The smallest absolute Gasteiger partial charge is 0.261 e. The van der Waals surface area contributed by atoms with E-state index in [1.807, 2.05) is 24.3 Å².